The second-order valence-electron chi connectivity index (χ2n) is 5.49. The van der Waals surface area contributed by atoms with Crippen molar-refractivity contribution in [3.8, 4) is 5.75 Å². The average Bonchev–Trinajstić information content (AvgIpc) is 3.08. The Labute approximate surface area is 154 Å². The Balaban J connectivity index is 1.47. The summed E-state index contributed by atoms with van der Waals surface area (Å²) in [6, 6.07) is 13.7. The molecule has 1 amide bonds. The molecule has 2 N–H and O–H groups in total. The molecule has 1 aromatic heterocycles. The molecule has 0 atom stereocenters. The van der Waals surface area contributed by atoms with Gasteiger partial charge in [-0.2, -0.15) is 0 Å². The Bertz CT molecular complexity index is 900. The van der Waals surface area contributed by atoms with E-state index in [0.717, 1.165) is 23.1 Å². The molecule has 0 aliphatic heterocycles. The van der Waals surface area contributed by atoms with Crippen LogP contribution < -0.4 is 10.1 Å². The van der Waals surface area contributed by atoms with E-state index >= 15 is 0 Å². The predicted molar refractivity (Wildman–Crippen MR) is 97.6 cm³/mol. The van der Waals surface area contributed by atoms with E-state index in [1.54, 1.807) is 12.1 Å². The van der Waals surface area contributed by atoms with Crippen LogP contribution in [-0.4, -0.2) is 26.8 Å². The fourth-order valence-corrected chi connectivity index (χ4v) is 2.76. The first-order valence-corrected chi connectivity index (χ1v) is 8.86. The Kier molecular flexibility index (Phi) is 5.85. The number of nitrogens with one attached hydrogen (secondary N) is 2. The van der Waals surface area contributed by atoms with Crippen molar-refractivity contribution < 1.29 is 13.9 Å². The fraction of sp³-hybridized carbons (Fsp3) is 0.167. The molecule has 1 heterocycles. The molecule has 26 heavy (non-hydrogen) atoms. The Morgan fingerprint density at radius 1 is 1.27 bits per heavy atom. The number of carbonyl (C=O) groups is 1. The van der Waals surface area contributed by atoms with E-state index < -0.39 is 5.82 Å². The minimum atomic E-state index is -0.473. The van der Waals surface area contributed by atoms with Crippen molar-refractivity contribution in [3.05, 3.63) is 65.7 Å². The average molecular weight is 372 g/mol. The molecule has 0 fully saturated rings. The van der Waals surface area contributed by atoms with E-state index in [1.165, 1.54) is 12.1 Å². The standard InChI is InChI=1S/C18H17FN4O2S/c1-12-5-4-6-13(9-12)25-10-16-21-18(23-22-16)26-11-17(24)20-15-8-3-2-7-14(15)19/h2-9H,10-11H2,1H3,(H,20,24)(H,21,22,23). The zero-order chi connectivity index (χ0) is 18.4. The summed E-state index contributed by atoms with van der Waals surface area (Å²) < 4.78 is 19.1. The van der Waals surface area contributed by atoms with Gasteiger partial charge in [0.25, 0.3) is 0 Å². The van der Waals surface area contributed by atoms with E-state index in [-0.39, 0.29) is 24.0 Å². The Morgan fingerprint density at radius 2 is 2.12 bits per heavy atom. The van der Waals surface area contributed by atoms with Gasteiger partial charge in [-0.1, -0.05) is 36.0 Å². The van der Waals surface area contributed by atoms with Crippen LogP contribution in [0.3, 0.4) is 0 Å². The van der Waals surface area contributed by atoms with Crippen LogP contribution in [0.15, 0.2) is 53.7 Å². The minimum Gasteiger partial charge on any atom is -0.486 e. The molecule has 0 spiro atoms. The van der Waals surface area contributed by atoms with Crippen LogP contribution in [-0.2, 0) is 11.4 Å². The normalized spacial score (nSPS) is 10.5. The summed E-state index contributed by atoms with van der Waals surface area (Å²) in [4.78, 5) is 16.2. The topological polar surface area (TPSA) is 79.9 Å². The number of ether oxygens (including phenoxy) is 1. The molecular weight excluding hydrogens is 355 g/mol. The van der Waals surface area contributed by atoms with Gasteiger partial charge in [0.1, 0.15) is 18.2 Å². The fourth-order valence-electron chi connectivity index (χ4n) is 2.14. The van der Waals surface area contributed by atoms with Gasteiger partial charge in [0.05, 0.1) is 11.4 Å². The molecule has 3 rings (SSSR count). The summed E-state index contributed by atoms with van der Waals surface area (Å²) in [5, 5.41) is 9.75. The quantitative estimate of drug-likeness (QED) is 0.620. The Morgan fingerprint density at radius 3 is 2.92 bits per heavy atom. The number of nitrogens with zero attached hydrogens (tertiary/aromatic N) is 2. The molecule has 3 aromatic rings. The third kappa shape index (κ3) is 5.06. The van der Waals surface area contributed by atoms with Gasteiger partial charge in [0.2, 0.25) is 11.1 Å². The van der Waals surface area contributed by atoms with E-state index in [9.17, 15) is 9.18 Å². The lowest BCUT2D eigenvalue weighted by Crippen LogP contribution is -2.15. The van der Waals surface area contributed by atoms with Crippen LogP contribution in [0.5, 0.6) is 5.75 Å². The zero-order valence-corrected chi connectivity index (χ0v) is 14.8. The van der Waals surface area contributed by atoms with Crippen molar-refractivity contribution in [3.63, 3.8) is 0 Å². The SMILES string of the molecule is Cc1cccc(OCc2nc(SCC(=O)Nc3ccccc3F)n[nH]2)c1. The number of anilines is 1. The number of carbonyl (C=O) groups excluding carboxylic acids is 1. The number of rotatable bonds is 7. The first-order chi connectivity index (χ1) is 12.6. The number of para-hydroxylation sites is 1. The Hall–Kier alpha value is -2.87. The molecule has 0 aliphatic rings. The number of H-pyrrole nitrogens is 1. The maximum absolute atomic E-state index is 13.5. The zero-order valence-electron chi connectivity index (χ0n) is 14.0. The van der Waals surface area contributed by atoms with Crippen molar-refractivity contribution >= 4 is 23.4 Å². The second-order valence-corrected chi connectivity index (χ2v) is 6.43. The number of aromatic nitrogens is 3. The first kappa shape index (κ1) is 17.9. The maximum Gasteiger partial charge on any atom is 0.234 e. The van der Waals surface area contributed by atoms with Crippen molar-refractivity contribution in [2.24, 2.45) is 0 Å². The van der Waals surface area contributed by atoms with E-state index in [1.807, 2.05) is 31.2 Å². The van der Waals surface area contributed by atoms with Gasteiger partial charge in [-0.05, 0) is 36.8 Å². The van der Waals surface area contributed by atoms with Crippen molar-refractivity contribution in [1.82, 2.24) is 15.2 Å². The lowest BCUT2D eigenvalue weighted by molar-refractivity contribution is -0.113. The monoisotopic (exact) mass is 372 g/mol. The smallest absolute Gasteiger partial charge is 0.234 e. The minimum absolute atomic E-state index is 0.0738. The van der Waals surface area contributed by atoms with Gasteiger partial charge in [-0.25, -0.2) is 9.37 Å². The molecule has 8 heteroatoms. The molecule has 0 aliphatic carbocycles. The summed E-state index contributed by atoms with van der Waals surface area (Å²) in [6.07, 6.45) is 0. The maximum atomic E-state index is 13.5. The van der Waals surface area contributed by atoms with Crippen LogP contribution in [0.1, 0.15) is 11.4 Å². The highest BCUT2D eigenvalue weighted by Crippen LogP contribution is 2.17. The lowest BCUT2D eigenvalue weighted by Gasteiger charge is -2.04. The van der Waals surface area contributed by atoms with Crippen molar-refractivity contribution in [2.45, 2.75) is 18.7 Å². The number of benzene rings is 2. The van der Waals surface area contributed by atoms with E-state index in [2.05, 4.69) is 20.5 Å². The van der Waals surface area contributed by atoms with Gasteiger partial charge in [0, 0.05) is 0 Å². The summed E-state index contributed by atoms with van der Waals surface area (Å²) >= 11 is 1.16. The third-order valence-corrected chi connectivity index (χ3v) is 4.20. The van der Waals surface area contributed by atoms with Crippen LogP contribution in [0.4, 0.5) is 10.1 Å². The molecule has 134 valence electrons. The highest BCUT2D eigenvalue weighted by atomic mass is 32.2. The van der Waals surface area contributed by atoms with Gasteiger partial charge >= 0.3 is 0 Å². The van der Waals surface area contributed by atoms with Gasteiger partial charge in [0.15, 0.2) is 5.82 Å². The first-order valence-electron chi connectivity index (χ1n) is 7.88. The summed E-state index contributed by atoms with van der Waals surface area (Å²) in [7, 11) is 0. The highest BCUT2D eigenvalue weighted by molar-refractivity contribution is 7.99. The largest absolute Gasteiger partial charge is 0.486 e. The lowest BCUT2D eigenvalue weighted by atomic mass is 10.2. The number of aryl methyl sites for hydroxylation is 1. The van der Waals surface area contributed by atoms with Gasteiger partial charge in [-0.3, -0.25) is 9.89 Å². The van der Waals surface area contributed by atoms with E-state index in [0.29, 0.717) is 11.0 Å². The molecular formula is C18H17FN4O2S. The summed E-state index contributed by atoms with van der Waals surface area (Å²) in [6.45, 7) is 2.24. The molecule has 0 bridgehead atoms. The van der Waals surface area contributed by atoms with Crippen molar-refractivity contribution in [1.29, 1.82) is 0 Å². The second kappa shape index (κ2) is 8.48. The number of hydrogen-bond donors (Lipinski definition) is 2. The number of amides is 1. The van der Waals surface area contributed by atoms with Gasteiger partial charge < -0.3 is 10.1 Å². The molecule has 0 saturated heterocycles. The van der Waals surface area contributed by atoms with Crippen molar-refractivity contribution in [2.75, 3.05) is 11.1 Å². The van der Waals surface area contributed by atoms with Gasteiger partial charge in [-0.15, -0.1) is 5.10 Å². The highest BCUT2D eigenvalue weighted by Gasteiger charge is 2.10. The molecule has 2 aromatic carbocycles. The summed E-state index contributed by atoms with van der Waals surface area (Å²) in [5.41, 5.74) is 1.26. The number of thioether (sulfide) groups is 1. The molecule has 0 radical (unpaired) electrons. The molecule has 6 nitrogen and oxygen atoms in total. The van der Waals surface area contributed by atoms with E-state index in [4.69, 9.17) is 4.74 Å². The molecule has 0 saturated carbocycles. The predicted octanol–water partition coefficient (Wildman–Crippen LogP) is 3.56. The molecule has 0 unspecified atom stereocenters. The number of halogens is 1. The number of hydrogen-bond acceptors (Lipinski definition) is 5. The van der Waals surface area contributed by atoms with Crippen LogP contribution >= 0.6 is 11.8 Å². The van der Waals surface area contributed by atoms with Crippen LogP contribution in [0.25, 0.3) is 0 Å². The van der Waals surface area contributed by atoms with Crippen LogP contribution in [0, 0.1) is 12.7 Å². The number of aromatic amines is 1. The third-order valence-electron chi connectivity index (χ3n) is 3.36. The summed E-state index contributed by atoms with van der Waals surface area (Å²) in [5.74, 6) is 0.579. The van der Waals surface area contributed by atoms with Crippen LogP contribution in [0.2, 0.25) is 0 Å².